The van der Waals surface area contributed by atoms with Crippen molar-refractivity contribution in [3.63, 3.8) is 0 Å². The van der Waals surface area contributed by atoms with Crippen LogP contribution >= 0.6 is 0 Å². The Kier molecular flexibility index (Phi) is 10.2. The first-order chi connectivity index (χ1) is 10.7. The van der Waals surface area contributed by atoms with Crippen molar-refractivity contribution < 1.29 is 14.6 Å². The maximum atomic E-state index is 10.0. The van der Waals surface area contributed by atoms with Gasteiger partial charge in [0.1, 0.15) is 0 Å². The minimum Gasteiger partial charge on any atom is -0.512 e. The molecule has 0 fully saturated rings. The van der Waals surface area contributed by atoms with Gasteiger partial charge in [0.05, 0.1) is 16.0 Å². The standard InChI is InChI=1S/C18H29O3Si/c1-20-18(21-2)14-9-7-5-3-4-6-8-12-16(19)15-11-10-13-17(15)22/h10-11,13,18-19H,3-9,12,14H2,1-2H3. The van der Waals surface area contributed by atoms with Crippen LogP contribution in [0.15, 0.2) is 34.8 Å². The molecule has 0 saturated carbocycles. The first kappa shape index (κ1) is 19.2. The topological polar surface area (TPSA) is 38.7 Å². The Morgan fingerprint density at radius 2 is 1.64 bits per heavy atom. The summed E-state index contributed by atoms with van der Waals surface area (Å²) in [5.41, 5.74) is 0.933. The highest BCUT2D eigenvalue weighted by molar-refractivity contribution is 6.25. The predicted octanol–water partition coefficient (Wildman–Crippen LogP) is 4.55. The molecule has 0 aromatic heterocycles. The Morgan fingerprint density at radius 1 is 1.05 bits per heavy atom. The third kappa shape index (κ3) is 7.43. The van der Waals surface area contributed by atoms with Crippen LogP contribution in [0.5, 0.6) is 0 Å². The number of unbranched alkanes of at least 4 members (excludes halogenated alkanes) is 6. The number of ether oxygens (including phenoxy) is 2. The van der Waals surface area contributed by atoms with E-state index < -0.39 is 0 Å². The summed E-state index contributed by atoms with van der Waals surface area (Å²) in [6.07, 6.45) is 16.0. The van der Waals surface area contributed by atoms with E-state index in [9.17, 15) is 5.11 Å². The fourth-order valence-electron chi connectivity index (χ4n) is 2.63. The average Bonchev–Trinajstić information content (AvgIpc) is 2.95. The monoisotopic (exact) mass is 321 g/mol. The lowest BCUT2D eigenvalue weighted by molar-refractivity contribution is -0.107. The van der Waals surface area contributed by atoms with Crippen molar-refractivity contribution in [3.05, 3.63) is 34.8 Å². The largest absolute Gasteiger partial charge is 0.512 e. The van der Waals surface area contributed by atoms with Gasteiger partial charge < -0.3 is 14.6 Å². The Bertz CT molecular complexity index is 395. The molecule has 3 radical (unpaired) electrons. The highest BCUT2D eigenvalue weighted by Crippen LogP contribution is 2.22. The number of allylic oxidation sites excluding steroid dienone is 6. The quantitative estimate of drug-likeness (QED) is 0.248. The van der Waals surface area contributed by atoms with Crippen LogP contribution in [0.2, 0.25) is 0 Å². The molecule has 0 aromatic rings. The molecular formula is C18H29O3Si. The van der Waals surface area contributed by atoms with E-state index in [0.717, 1.165) is 36.5 Å². The average molecular weight is 322 g/mol. The summed E-state index contributed by atoms with van der Waals surface area (Å²) >= 11 is 0. The van der Waals surface area contributed by atoms with E-state index in [1.165, 1.54) is 32.1 Å². The van der Waals surface area contributed by atoms with Crippen LogP contribution in [0.3, 0.4) is 0 Å². The maximum absolute atomic E-state index is 10.0. The molecule has 3 nitrogen and oxygen atoms in total. The second-order valence-corrected chi connectivity index (χ2v) is 6.25. The minimum absolute atomic E-state index is 0.0473. The fraction of sp³-hybridized carbons (Fsp3) is 0.667. The zero-order chi connectivity index (χ0) is 16.2. The van der Waals surface area contributed by atoms with E-state index in [1.54, 1.807) is 14.2 Å². The van der Waals surface area contributed by atoms with Gasteiger partial charge in [-0.2, -0.15) is 0 Å². The molecule has 1 N–H and O–H groups in total. The number of hydrogen-bond acceptors (Lipinski definition) is 3. The molecule has 123 valence electrons. The van der Waals surface area contributed by atoms with Gasteiger partial charge in [-0.25, -0.2) is 0 Å². The number of rotatable bonds is 12. The lowest BCUT2D eigenvalue weighted by atomic mass is 10.1. The van der Waals surface area contributed by atoms with Gasteiger partial charge in [-0.15, -0.1) is 0 Å². The minimum atomic E-state index is -0.0473. The van der Waals surface area contributed by atoms with E-state index in [1.807, 2.05) is 18.2 Å². The molecule has 0 saturated heterocycles. The van der Waals surface area contributed by atoms with E-state index in [4.69, 9.17) is 9.47 Å². The molecule has 0 unspecified atom stereocenters. The van der Waals surface area contributed by atoms with Crippen LogP contribution in [-0.2, 0) is 9.47 Å². The summed E-state index contributed by atoms with van der Waals surface area (Å²) in [7, 11) is 6.88. The predicted molar refractivity (Wildman–Crippen MR) is 92.0 cm³/mol. The lowest BCUT2D eigenvalue weighted by Gasteiger charge is -2.12. The van der Waals surface area contributed by atoms with Gasteiger partial charge in [-0.3, -0.25) is 0 Å². The fourth-order valence-corrected chi connectivity index (χ4v) is 2.95. The van der Waals surface area contributed by atoms with Crippen molar-refractivity contribution in [3.8, 4) is 0 Å². The molecule has 1 aliphatic carbocycles. The SMILES string of the molecule is COC(CCCCCCCCCC(O)=C1C=CC=C1[Si])OC. The van der Waals surface area contributed by atoms with E-state index in [0.29, 0.717) is 5.76 Å². The normalized spacial score (nSPS) is 16.5. The van der Waals surface area contributed by atoms with Gasteiger partial charge in [-0.05, 0) is 19.3 Å². The van der Waals surface area contributed by atoms with Crippen LogP contribution in [0.1, 0.15) is 57.8 Å². The van der Waals surface area contributed by atoms with Gasteiger partial charge >= 0.3 is 0 Å². The molecule has 1 aliphatic rings. The molecular weight excluding hydrogens is 292 g/mol. The number of methoxy groups -OCH3 is 2. The number of aliphatic hydroxyl groups excluding tert-OH is 1. The lowest BCUT2D eigenvalue weighted by Crippen LogP contribution is -2.12. The first-order valence-electron chi connectivity index (χ1n) is 8.27. The van der Waals surface area contributed by atoms with Crippen LogP contribution in [0, 0.1) is 0 Å². The summed E-state index contributed by atoms with van der Waals surface area (Å²) in [5, 5.41) is 11.0. The Morgan fingerprint density at radius 3 is 2.18 bits per heavy atom. The second kappa shape index (κ2) is 11.7. The Balaban J connectivity index is 1.96. The number of aliphatic hydroxyl groups is 1. The van der Waals surface area contributed by atoms with Crippen molar-refractivity contribution in [1.29, 1.82) is 0 Å². The van der Waals surface area contributed by atoms with Gasteiger partial charge in [0.25, 0.3) is 0 Å². The summed E-state index contributed by atoms with van der Waals surface area (Å²) < 4.78 is 10.3. The van der Waals surface area contributed by atoms with Crippen LogP contribution in [0.25, 0.3) is 0 Å². The van der Waals surface area contributed by atoms with Crippen molar-refractivity contribution in [2.45, 2.75) is 64.1 Å². The zero-order valence-corrected chi connectivity index (χ0v) is 14.9. The third-order valence-electron chi connectivity index (χ3n) is 4.01. The van der Waals surface area contributed by atoms with Gasteiger partial charge in [0.2, 0.25) is 0 Å². The summed E-state index contributed by atoms with van der Waals surface area (Å²) in [6.45, 7) is 0. The molecule has 4 heteroatoms. The van der Waals surface area contributed by atoms with Gasteiger partial charge in [0.15, 0.2) is 6.29 Å². The Hall–Kier alpha value is -0.843. The highest BCUT2D eigenvalue weighted by atomic mass is 28.1. The van der Waals surface area contributed by atoms with E-state index >= 15 is 0 Å². The van der Waals surface area contributed by atoms with Crippen molar-refractivity contribution in [2.75, 3.05) is 14.2 Å². The van der Waals surface area contributed by atoms with Crippen LogP contribution in [0.4, 0.5) is 0 Å². The highest BCUT2D eigenvalue weighted by Gasteiger charge is 2.07. The second-order valence-electron chi connectivity index (χ2n) is 5.71. The molecule has 0 atom stereocenters. The molecule has 0 aromatic carbocycles. The smallest absolute Gasteiger partial charge is 0.156 e. The Labute approximate surface area is 138 Å². The molecule has 22 heavy (non-hydrogen) atoms. The number of hydrogen-bond donors (Lipinski definition) is 1. The summed E-state index contributed by atoms with van der Waals surface area (Å²) in [6, 6.07) is 0. The first-order valence-corrected chi connectivity index (χ1v) is 8.77. The third-order valence-corrected chi connectivity index (χ3v) is 4.44. The van der Waals surface area contributed by atoms with Crippen molar-refractivity contribution in [2.24, 2.45) is 0 Å². The van der Waals surface area contributed by atoms with Crippen LogP contribution < -0.4 is 0 Å². The van der Waals surface area contributed by atoms with Gasteiger partial charge in [0, 0.05) is 26.2 Å². The molecule has 0 aliphatic heterocycles. The molecule has 0 bridgehead atoms. The van der Waals surface area contributed by atoms with Crippen molar-refractivity contribution >= 4 is 10.2 Å². The molecule has 0 spiro atoms. The van der Waals surface area contributed by atoms with E-state index in [2.05, 4.69) is 10.2 Å². The van der Waals surface area contributed by atoms with E-state index in [-0.39, 0.29) is 6.29 Å². The zero-order valence-electron chi connectivity index (χ0n) is 13.9. The van der Waals surface area contributed by atoms with Crippen molar-refractivity contribution in [1.82, 2.24) is 0 Å². The maximum Gasteiger partial charge on any atom is 0.156 e. The van der Waals surface area contributed by atoms with Crippen LogP contribution in [-0.4, -0.2) is 35.9 Å². The summed E-state index contributed by atoms with van der Waals surface area (Å²) in [4.78, 5) is 0. The summed E-state index contributed by atoms with van der Waals surface area (Å²) in [5.74, 6) is 0.500. The molecule has 0 amide bonds. The molecule has 1 rings (SSSR count). The molecule has 0 heterocycles. The van der Waals surface area contributed by atoms with Gasteiger partial charge in [-0.1, -0.05) is 55.5 Å².